The number of carbonyl (C=O) groups is 1. The van der Waals surface area contributed by atoms with Gasteiger partial charge in [0.25, 0.3) is 11.6 Å². The van der Waals surface area contributed by atoms with Gasteiger partial charge in [-0.25, -0.2) is 5.43 Å². The molecule has 0 spiro atoms. The molecule has 0 aliphatic heterocycles. The van der Waals surface area contributed by atoms with Crippen LogP contribution in [0.1, 0.15) is 20.8 Å². The lowest BCUT2D eigenvalue weighted by Crippen LogP contribution is -2.16. The molecule has 1 aromatic heterocycles. The number of thiophene rings is 1. The average Bonchev–Trinajstić information content (AvgIpc) is 2.99. The first kappa shape index (κ1) is 15.8. The summed E-state index contributed by atoms with van der Waals surface area (Å²) in [6.45, 7) is 1.96. The molecule has 3 aromatic rings. The summed E-state index contributed by atoms with van der Waals surface area (Å²) in [7, 11) is 0. The van der Waals surface area contributed by atoms with Crippen molar-refractivity contribution in [2.75, 3.05) is 0 Å². The topological polar surface area (TPSA) is 84.6 Å². The summed E-state index contributed by atoms with van der Waals surface area (Å²) in [4.78, 5) is 23.0. The molecule has 24 heavy (non-hydrogen) atoms. The van der Waals surface area contributed by atoms with E-state index < -0.39 is 4.92 Å². The highest BCUT2D eigenvalue weighted by Crippen LogP contribution is 2.28. The van der Waals surface area contributed by atoms with Crippen LogP contribution < -0.4 is 5.43 Å². The van der Waals surface area contributed by atoms with Crippen molar-refractivity contribution in [2.24, 2.45) is 5.10 Å². The van der Waals surface area contributed by atoms with Gasteiger partial charge in [0, 0.05) is 22.2 Å². The summed E-state index contributed by atoms with van der Waals surface area (Å²) in [5.74, 6) is -0.344. The fourth-order valence-corrected chi connectivity index (χ4v) is 3.14. The number of amides is 1. The van der Waals surface area contributed by atoms with Crippen LogP contribution >= 0.6 is 11.3 Å². The summed E-state index contributed by atoms with van der Waals surface area (Å²) in [5.41, 5.74) is 4.47. The van der Waals surface area contributed by atoms with Gasteiger partial charge < -0.3 is 0 Å². The van der Waals surface area contributed by atoms with Gasteiger partial charge in [-0.15, -0.1) is 11.3 Å². The van der Waals surface area contributed by atoms with Crippen molar-refractivity contribution in [2.45, 2.75) is 6.92 Å². The van der Waals surface area contributed by atoms with Gasteiger partial charge in [0.1, 0.15) is 0 Å². The highest BCUT2D eigenvalue weighted by molar-refractivity contribution is 7.20. The monoisotopic (exact) mass is 339 g/mol. The van der Waals surface area contributed by atoms with Crippen LogP contribution in [0, 0.1) is 17.0 Å². The second-order valence-corrected chi connectivity index (χ2v) is 6.23. The van der Waals surface area contributed by atoms with Gasteiger partial charge in [-0.1, -0.05) is 24.3 Å². The zero-order valence-electron chi connectivity index (χ0n) is 12.7. The van der Waals surface area contributed by atoms with E-state index in [1.54, 1.807) is 18.3 Å². The lowest BCUT2D eigenvalue weighted by molar-refractivity contribution is -0.384. The van der Waals surface area contributed by atoms with Gasteiger partial charge in [0.2, 0.25) is 0 Å². The minimum absolute atomic E-state index is 0.00447. The van der Waals surface area contributed by atoms with Crippen molar-refractivity contribution in [3.05, 3.63) is 74.6 Å². The molecule has 120 valence electrons. The molecular formula is C17H13N3O3S. The van der Waals surface area contributed by atoms with E-state index in [1.807, 2.05) is 31.2 Å². The van der Waals surface area contributed by atoms with Crippen molar-refractivity contribution in [3.8, 4) is 0 Å². The Labute approximate surface area is 141 Å². The normalized spacial score (nSPS) is 11.0. The van der Waals surface area contributed by atoms with Gasteiger partial charge in [0.15, 0.2) is 0 Å². The number of hydrogen-bond acceptors (Lipinski definition) is 5. The van der Waals surface area contributed by atoms with Crippen molar-refractivity contribution < 1.29 is 9.72 Å². The maximum Gasteiger partial charge on any atom is 0.281 e. The van der Waals surface area contributed by atoms with Crippen molar-refractivity contribution in [1.29, 1.82) is 0 Å². The van der Waals surface area contributed by atoms with E-state index in [-0.39, 0.29) is 11.6 Å². The highest BCUT2D eigenvalue weighted by atomic mass is 32.1. The Bertz CT molecular complexity index is 963. The molecule has 6 nitrogen and oxygen atoms in total. The number of hydrazone groups is 1. The number of nitrogens with zero attached hydrogens (tertiary/aromatic N) is 2. The Balaban J connectivity index is 1.76. The van der Waals surface area contributed by atoms with Crippen LogP contribution in [-0.2, 0) is 0 Å². The van der Waals surface area contributed by atoms with Crippen LogP contribution in [0.3, 0.4) is 0 Å². The second-order valence-electron chi connectivity index (χ2n) is 5.15. The van der Waals surface area contributed by atoms with E-state index in [0.717, 1.165) is 15.8 Å². The molecule has 0 saturated carbocycles. The fraction of sp³-hybridized carbons (Fsp3) is 0.0588. The molecule has 0 bridgehead atoms. The number of fused-ring (bicyclic) bond motifs is 1. The van der Waals surface area contributed by atoms with Gasteiger partial charge in [-0.3, -0.25) is 14.9 Å². The zero-order chi connectivity index (χ0) is 17.1. The smallest absolute Gasteiger partial charge is 0.266 e. The molecule has 0 fully saturated rings. The molecule has 1 heterocycles. The van der Waals surface area contributed by atoms with E-state index >= 15 is 0 Å². The van der Waals surface area contributed by atoms with Gasteiger partial charge in [-0.05, 0) is 30.2 Å². The van der Waals surface area contributed by atoms with Crippen LogP contribution in [0.2, 0.25) is 0 Å². The molecule has 7 heteroatoms. The first-order valence-corrected chi connectivity index (χ1v) is 7.93. The van der Waals surface area contributed by atoms with Crippen LogP contribution in [0.5, 0.6) is 0 Å². The SMILES string of the molecule is Cc1ccccc1/C=N\NC(=O)c1cc2cc([N+](=O)[O-])ccc2s1. The quantitative estimate of drug-likeness (QED) is 0.445. The number of nitro groups is 1. The maximum atomic E-state index is 12.2. The molecule has 1 N–H and O–H groups in total. The van der Waals surface area contributed by atoms with E-state index in [1.165, 1.54) is 23.5 Å². The third-order valence-electron chi connectivity index (χ3n) is 3.49. The van der Waals surface area contributed by atoms with Crippen molar-refractivity contribution >= 4 is 39.2 Å². The third-order valence-corrected chi connectivity index (χ3v) is 4.61. The highest BCUT2D eigenvalue weighted by Gasteiger charge is 2.12. The summed E-state index contributed by atoms with van der Waals surface area (Å²) in [6.07, 6.45) is 1.59. The number of non-ortho nitro benzene ring substituents is 1. The number of nitrogens with one attached hydrogen (secondary N) is 1. The maximum absolute atomic E-state index is 12.2. The number of hydrogen-bond donors (Lipinski definition) is 1. The Morgan fingerprint density at radius 1 is 1.25 bits per heavy atom. The Hall–Kier alpha value is -3.06. The minimum atomic E-state index is -0.455. The Morgan fingerprint density at radius 2 is 2.04 bits per heavy atom. The summed E-state index contributed by atoms with van der Waals surface area (Å²) in [6, 6.07) is 13.9. The molecule has 0 atom stereocenters. The molecular weight excluding hydrogens is 326 g/mol. The van der Waals surface area contributed by atoms with Gasteiger partial charge in [-0.2, -0.15) is 5.10 Å². The first-order valence-electron chi connectivity index (χ1n) is 7.11. The number of rotatable bonds is 4. The van der Waals surface area contributed by atoms with E-state index in [0.29, 0.717) is 10.3 Å². The van der Waals surface area contributed by atoms with Crippen molar-refractivity contribution in [1.82, 2.24) is 5.43 Å². The van der Waals surface area contributed by atoms with Crippen LogP contribution in [-0.4, -0.2) is 17.0 Å². The molecule has 2 aromatic carbocycles. The van der Waals surface area contributed by atoms with Gasteiger partial charge in [0.05, 0.1) is 16.0 Å². The minimum Gasteiger partial charge on any atom is -0.266 e. The zero-order valence-corrected chi connectivity index (χ0v) is 13.5. The first-order chi connectivity index (χ1) is 11.5. The Kier molecular flexibility index (Phi) is 4.35. The molecule has 1 amide bonds. The largest absolute Gasteiger partial charge is 0.281 e. The van der Waals surface area contributed by atoms with E-state index in [2.05, 4.69) is 10.5 Å². The second kappa shape index (κ2) is 6.59. The van der Waals surface area contributed by atoms with Gasteiger partial charge >= 0.3 is 0 Å². The van der Waals surface area contributed by atoms with E-state index in [9.17, 15) is 14.9 Å². The lowest BCUT2D eigenvalue weighted by atomic mass is 10.1. The lowest BCUT2D eigenvalue weighted by Gasteiger charge is -1.98. The number of benzene rings is 2. The van der Waals surface area contributed by atoms with E-state index in [4.69, 9.17) is 0 Å². The summed E-state index contributed by atoms with van der Waals surface area (Å²) in [5, 5.41) is 15.4. The molecule has 3 rings (SSSR count). The predicted octanol–water partition coefficient (Wildman–Crippen LogP) is 3.88. The number of carbonyl (C=O) groups excluding carboxylic acids is 1. The van der Waals surface area contributed by atoms with Crippen molar-refractivity contribution in [3.63, 3.8) is 0 Å². The fourth-order valence-electron chi connectivity index (χ4n) is 2.20. The molecule has 0 aliphatic carbocycles. The summed E-state index contributed by atoms with van der Waals surface area (Å²) < 4.78 is 0.814. The number of nitro benzene ring substituents is 1. The molecule has 0 aliphatic rings. The summed E-state index contributed by atoms with van der Waals surface area (Å²) >= 11 is 1.27. The molecule has 0 radical (unpaired) electrons. The standard InChI is InChI=1S/C17H13N3O3S/c1-11-4-2-3-5-12(11)10-18-19-17(21)16-9-13-8-14(20(22)23)6-7-15(13)24-16/h2-10H,1H3,(H,19,21)/b18-10-. The predicted molar refractivity (Wildman–Crippen MR) is 94.7 cm³/mol. The van der Waals surface area contributed by atoms with Crippen LogP contribution in [0.25, 0.3) is 10.1 Å². The van der Waals surface area contributed by atoms with Crippen LogP contribution in [0.15, 0.2) is 53.6 Å². The molecule has 0 saturated heterocycles. The molecule has 0 unspecified atom stereocenters. The Morgan fingerprint density at radius 3 is 2.79 bits per heavy atom. The third kappa shape index (κ3) is 3.31. The average molecular weight is 339 g/mol. The van der Waals surface area contributed by atoms with Crippen LogP contribution in [0.4, 0.5) is 5.69 Å². The number of aryl methyl sites for hydroxylation is 1.